The van der Waals surface area contributed by atoms with Crippen molar-refractivity contribution in [1.82, 2.24) is 4.98 Å². The van der Waals surface area contributed by atoms with Gasteiger partial charge < -0.3 is 4.74 Å². The normalized spacial score (nSPS) is 15.8. The molecule has 1 saturated carbocycles. The molecule has 1 heterocycles. The zero-order valence-electron chi connectivity index (χ0n) is 10.7. The predicted octanol–water partition coefficient (Wildman–Crippen LogP) is 3.50. The minimum Gasteiger partial charge on any atom is -0.492 e. The highest BCUT2D eigenvalue weighted by Gasteiger charge is 2.26. The van der Waals surface area contributed by atoms with Crippen LogP contribution in [0.3, 0.4) is 0 Å². The molecule has 3 heteroatoms. The Morgan fingerprint density at radius 1 is 1.61 bits per heavy atom. The summed E-state index contributed by atoms with van der Waals surface area (Å²) in [7, 11) is 0. The molecule has 0 bridgehead atoms. The summed E-state index contributed by atoms with van der Waals surface area (Å²) in [6.07, 6.45) is 5.27. The van der Waals surface area contributed by atoms with Gasteiger partial charge in [-0.1, -0.05) is 25.5 Å². The summed E-state index contributed by atoms with van der Waals surface area (Å²) in [6, 6.07) is 6.21. The van der Waals surface area contributed by atoms with Crippen molar-refractivity contribution < 1.29 is 4.74 Å². The minimum absolute atomic E-state index is 0.0283. The van der Waals surface area contributed by atoms with Gasteiger partial charge in [0.15, 0.2) is 0 Å². The molecule has 0 unspecified atom stereocenters. The summed E-state index contributed by atoms with van der Waals surface area (Å²) in [6.45, 7) is 6.32. The van der Waals surface area contributed by atoms with Crippen molar-refractivity contribution in [3.05, 3.63) is 36.2 Å². The number of nitrogens with zero attached hydrogens (tertiary/aromatic N) is 2. The average Bonchev–Trinajstić information content (AvgIpc) is 3.20. The highest BCUT2D eigenvalue weighted by molar-refractivity contribution is 5.53. The lowest BCUT2D eigenvalue weighted by molar-refractivity contribution is 0.298. The lowest BCUT2D eigenvalue weighted by Crippen LogP contribution is -2.00. The van der Waals surface area contributed by atoms with Crippen molar-refractivity contribution in [2.24, 2.45) is 5.92 Å². The molecule has 0 amide bonds. The zero-order chi connectivity index (χ0) is 13.0. The zero-order valence-corrected chi connectivity index (χ0v) is 10.7. The summed E-state index contributed by atoms with van der Waals surface area (Å²) < 4.78 is 5.31. The maximum absolute atomic E-state index is 9.20. The van der Waals surface area contributed by atoms with Gasteiger partial charge in [-0.05, 0) is 30.9 Å². The van der Waals surface area contributed by atoms with Gasteiger partial charge >= 0.3 is 0 Å². The van der Waals surface area contributed by atoms with Crippen molar-refractivity contribution >= 4 is 5.76 Å². The van der Waals surface area contributed by atoms with Crippen LogP contribution in [0.2, 0.25) is 0 Å². The van der Waals surface area contributed by atoms with Crippen molar-refractivity contribution in [2.75, 3.05) is 6.61 Å². The maximum atomic E-state index is 9.20. The van der Waals surface area contributed by atoms with E-state index in [9.17, 15) is 5.26 Å². The van der Waals surface area contributed by atoms with Crippen LogP contribution < -0.4 is 0 Å². The molecule has 94 valence electrons. The third kappa shape index (κ3) is 3.10. The first-order valence-electron chi connectivity index (χ1n) is 6.42. The third-order valence-corrected chi connectivity index (χ3v) is 3.21. The molecule has 0 saturated heterocycles. The molecule has 0 aliphatic heterocycles. The Balaban J connectivity index is 2.05. The van der Waals surface area contributed by atoms with Crippen LogP contribution in [0.4, 0.5) is 0 Å². The lowest BCUT2D eigenvalue weighted by Gasteiger charge is -2.10. The third-order valence-electron chi connectivity index (χ3n) is 3.21. The van der Waals surface area contributed by atoms with Crippen molar-refractivity contribution in [3.63, 3.8) is 0 Å². The van der Waals surface area contributed by atoms with Crippen LogP contribution in [0.5, 0.6) is 0 Å². The van der Waals surface area contributed by atoms with E-state index in [1.54, 1.807) is 6.20 Å². The van der Waals surface area contributed by atoms with Gasteiger partial charge in [0.1, 0.15) is 11.5 Å². The second-order valence-corrected chi connectivity index (χ2v) is 4.69. The molecule has 1 atom stereocenters. The first-order valence-corrected chi connectivity index (χ1v) is 6.42. The molecule has 2 rings (SSSR count). The van der Waals surface area contributed by atoms with Crippen molar-refractivity contribution in [1.29, 1.82) is 5.26 Å². The van der Waals surface area contributed by atoms with Crippen LogP contribution in [-0.4, -0.2) is 11.6 Å². The summed E-state index contributed by atoms with van der Waals surface area (Å²) in [5, 5.41) is 9.20. The minimum atomic E-state index is -0.0283. The van der Waals surface area contributed by atoms with E-state index in [2.05, 4.69) is 17.6 Å². The van der Waals surface area contributed by atoms with Gasteiger partial charge in [-0.25, -0.2) is 0 Å². The molecule has 1 aromatic heterocycles. The maximum Gasteiger partial charge on any atom is 0.137 e. The molecule has 0 radical (unpaired) electrons. The monoisotopic (exact) mass is 242 g/mol. The predicted molar refractivity (Wildman–Crippen MR) is 70.6 cm³/mol. The fourth-order valence-electron chi connectivity index (χ4n) is 1.97. The Bertz CT molecular complexity index is 454. The van der Waals surface area contributed by atoms with Gasteiger partial charge in [-0.3, -0.25) is 4.98 Å². The fourth-order valence-corrected chi connectivity index (χ4v) is 1.97. The number of hydrogen-bond donors (Lipinski definition) is 0. The lowest BCUT2D eigenvalue weighted by atomic mass is 9.96. The molecule has 0 spiro atoms. The quantitative estimate of drug-likeness (QED) is 0.717. The highest BCUT2D eigenvalue weighted by atomic mass is 16.5. The van der Waals surface area contributed by atoms with E-state index in [0.717, 1.165) is 23.6 Å². The van der Waals surface area contributed by atoms with E-state index in [1.807, 2.05) is 19.1 Å². The van der Waals surface area contributed by atoms with Crippen molar-refractivity contribution in [2.45, 2.75) is 32.1 Å². The first kappa shape index (κ1) is 12.6. The summed E-state index contributed by atoms with van der Waals surface area (Å²) in [5.41, 5.74) is 1.74. The van der Waals surface area contributed by atoms with Crippen LogP contribution in [-0.2, 0) is 4.74 Å². The first-order chi connectivity index (χ1) is 8.74. The Kier molecular flexibility index (Phi) is 3.99. The highest BCUT2D eigenvalue weighted by Crippen LogP contribution is 2.38. The summed E-state index contributed by atoms with van der Waals surface area (Å²) in [5.74, 6) is 1.30. The van der Waals surface area contributed by atoms with Gasteiger partial charge in [0.2, 0.25) is 0 Å². The smallest absolute Gasteiger partial charge is 0.137 e. The number of aromatic nitrogens is 1. The molecule has 1 aliphatic carbocycles. The number of nitriles is 1. The number of ether oxygens (including phenoxy) is 1. The Labute approximate surface area is 108 Å². The SMILES string of the molecule is C=C(OCC)c1ccc([C@H](C#N)CC2CC2)cn1. The van der Waals surface area contributed by atoms with Gasteiger partial charge in [-0.15, -0.1) is 0 Å². The van der Waals surface area contributed by atoms with Crippen LogP contribution in [0.25, 0.3) is 5.76 Å². The van der Waals surface area contributed by atoms with E-state index in [-0.39, 0.29) is 5.92 Å². The van der Waals surface area contributed by atoms with Crippen LogP contribution >= 0.6 is 0 Å². The van der Waals surface area contributed by atoms with E-state index in [1.165, 1.54) is 12.8 Å². The van der Waals surface area contributed by atoms with E-state index in [4.69, 9.17) is 4.74 Å². The standard InChI is InChI=1S/C15H18N2O/c1-3-18-11(2)15-7-6-13(10-17-15)14(9-16)8-12-4-5-12/h6-7,10,12,14H,2-5,8H2,1H3/t14-/m0/s1. The molecule has 18 heavy (non-hydrogen) atoms. The second kappa shape index (κ2) is 5.68. The molecule has 1 aromatic rings. The van der Waals surface area contributed by atoms with Crippen LogP contribution in [0.1, 0.15) is 43.4 Å². The van der Waals surface area contributed by atoms with Gasteiger partial charge in [0.05, 0.1) is 18.6 Å². The molecule has 1 aliphatic rings. The molecular weight excluding hydrogens is 224 g/mol. The molecule has 3 nitrogen and oxygen atoms in total. The van der Waals surface area contributed by atoms with Crippen LogP contribution in [0.15, 0.2) is 24.9 Å². The van der Waals surface area contributed by atoms with E-state index in [0.29, 0.717) is 12.4 Å². The second-order valence-electron chi connectivity index (χ2n) is 4.69. The molecule has 0 aromatic carbocycles. The number of rotatable bonds is 6. The number of hydrogen-bond acceptors (Lipinski definition) is 3. The Hall–Kier alpha value is -1.82. The van der Waals surface area contributed by atoms with E-state index >= 15 is 0 Å². The summed E-state index contributed by atoms with van der Waals surface area (Å²) in [4.78, 5) is 4.32. The molecule has 0 N–H and O–H groups in total. The fraction of sp³-hybridized carbons (Fsp3) is 0.467. The van der Waals surface area contributed by atoms with Gasteiger partial charge in [-0.2, -0.15) is 5.26 Å². The Morgan fingerprint density at radius 3 is 2.89 bits per heavy atom. The number of pyridine rings is 1. The van der Waals surface area contributed by atoms with E-state index < -0.39 is 0 Å². The summed E-state index contributed by atoms with van der Waals surface area (Å²) >= 11 is 0. The molecule has 1 fully saturated rings. The topological polar surface area (TPSA) is 45.9 Å². The van der Waals surface area contributed by atoms with Gasteiger partial charge in [0.25, 0.3) is 0 Å². The Morgan fingerprint density at radius 2 is 2.39 bits per heavy atom. The van der Waals surface area contributed by atoms with Crippen LogP contribution in [0, 0.1) is 17.2 Å². The average molecular weight is 242 g/mol. The molecular formula is C15H18N2O. The van der Waals surface area contributed by atoms with Gasteiger partial charge in [0, 0.05) is 6.20 Å². The van der Waals surface area contributed by atoms with Crippen molar-refractivity contribution in [3.8, 4) is 6.07 Å². The largest absolute Gasteiger partial charge is 0.492 e.